The minimum atomic E-state index is -1.49. The molecular formula is C26H39NO6. The van der Waals surface area contributed by atoms with Crippen LogP contribution in [0.2, 0.25) is 0 Å². The Balaban J connectivity index is 2.35. The van der Waals surface area contributed by atoms with E-state index < -0.39 is 36.3 Å². The first-order valence-electron chi connectivity index (χ1n) is 11.7. The maximum atomic E-state index is 13.4. The molecule has 0 saturated heterocycles. The van der Waals surface area contributed by atoms with Gasteiger partial charge in [-0.1, -0.05) is 39.0 Å². The number of aliphatic carboxylic acids is 1. The molecule has 0 heterocycles. The van der Waals surface area contributed by atoms with Gasteiger partial charge in [-0.15, -0.1) is 0 Å². The molecule has 0 bridgehead atoms. The van der Waals surface area contributed by atoms with Crippen LogP contribution in [0.4, 0.5) is 0 Å². The van der Waals surface area contributed by atoms with Crippen molar-refractivity contribution < 1.29 is 29.7 Å². The predicted molar refractivity (Wildman–Crippen MR) is 126 cm³/mol. The van der Waals surface area contributed by atoms with Crippen molar-refractivity contribution in [1.82, 2.24) is 5.32 Å². The monoisotopic (exact) mass is 461 g/mol. The van der Waals surface area contributed by atoms with Crippen molar-refractivity contribution in [3.05, 3.63) is 35.6 Å². The number of carbonyl (C=O) groups excluding carboxylic acids is 2. The molecule has 0 aliphatic heterocycles. The summed E-state index contributed by atoms with van der Waals surface area (Å²) in [4.78, 5) is 36.8. The van der Waals surface area contributed by atoms with E-state index in [1.165, 1.54) is 12.5 Å². The third-order valence-electron chi connectivity index (χ3n) is 8.27. The summed E-state index contributed by atoms with van der Waals surface area (Å²) >= 11 is 0. The molecule has 0 amide bonds. The summed E-state index contributed by atoms with van der Waals surface area (Å²) in [6, 6.07) is -1.49. The summed E-state index contributed by atoms with van der Waals surface area (Å²) in [5.74, 6) is -1.96. The second-order valence-electron chi connectivity index (χ2n) is 10.4. The number of allylic oxidation sites excluding steroid dienone is 3. The number of ketones is 2. The summed E-state index contributed by atoms with van der Waals surface area (Å²) in [5, 5.41) is 30.9. The zero-order valence-electron chi connectivity index (χ0n) is 20.5. The number of rotatable bonds is 10. The number of nitrogens with one attached hydrogen (secondary N) is 1. The molecule has 7 heteroatoms. The van der Waals surface area contributed by atoms with Crippen molar-refractivity contribution in [2.24, 2.45) is 22.7 Å². The highest BCUT2D eigenvalue weighted by Crippen LogP contribution is 2.62. The Morgan fingerprint density at radius 2 is 1.94 bits per heavy atom. The fraction of sp³-hybridized carbons (Fsp3) is 0.654. The second kappa shape index (κ2) is 10.3. The Bertz CT molecular complexity index is 872. The minimum Gasteiger partial charge on any atom is -0.480 e. The Labute approximate surface area is 196 Å². The molecule has 2 aliphatic rings. The van der Waals surface area contributed by atoms with E-state index in [1.807, 2.05) is 0 Å². The number of hydrogen-bond donors (Lipinski definition) is 4. The molecule has 1 saturated carbocycles. The molecule has 0 radical (unpaired) electrons. The van der Waals surface area contributed by atoms with Gasteiger partial charge in [0.2, 0.25) is 5.78 Å². The quantitative estimate of drug-likeness (QED) is 0.291. The van der Waals surface area contributed by atoms with Gasteiger partial charge in [-0.3, -0.25) is 9.59 Å². The van der Waals surface area contributed by atoms with E-state index in [-0.39, 0.29) is 22.1 Å². The largest absolute Gasteiger partial charge is 0.480 e. The number of Topliss-reactive ketones (excluding diaryl/α,β-unsaturated/α-hetero) is 1. The van der Waals surface area contributed by atoms with E-state index in [0.717, 1.165) is 31.8 Å². The zero-order valence-corrected chi connectivity index (χ0v) is 20.5. The Morgan fingerprint density at radius 1 is 1.30 bits per heavy atom. The van der Waals surface area contributed by atoms with Crippen molar-refractivity contribution in [2.75, 3.05) is 6.61 Å². The molecule has 184 valence electrons. The summed E-state index contributed by atoms with van der Waals surface area (Å²) < 4.78 is 0. The van der Waals surface area contributed by atoms with E-state index in [1.54, 1.807) is 0 Å². The maximum Gasteiger partial charge on any atom is 0.328 e. The number of carboxylic acid groups (broad SMARTS) is 1. The molecule has 7 nitrogen and oxygen atoms in total. The van der Waals surface area contributed by atoms with Crippen LogP contribution in [0, 0.1) is 22.7 Å². The maximum absolute atomic E-state index is 13.4. The van der Waals surface area contributed by atoms with E-state index in [2.05, 4.69) is 45.7 Å². The lowest BCUT2D eigenvalue weighted by atomic mass is 9.46. The lowest BCUT2D eigenvalue weighted by Crippen LogP contribution is -2.50. The van der Waals surface area contributed by atoms with Crippen LogP contribution >= 0.6 is 0 Å². The molecule has 6 unspecified atom stereocenters. The first kappa shape index (κ1) is 27.0. The number of hydrogen-bond acceptors (Lipinski definition) is 6. The lowest BCUT2D eigenvalue weighted by molar-refractivity contribution is -0.142. The second-order valence-corrected chi connectivity index (χ2v) is 10.4. The Morgan fingerprint density at radius 3 is 2.48 bits per heavy atom. The topological polar surface area (TPSA) is 124 Å². The number of carbonyl (C=O) groups is 3. The van der Waals surface area contributed by atoms with Gasteiger partial charge in [-0.2, -0.15) is 0 Å². The first-order chi connectivity index (χ1) is 15.3. The highest BCUT2D eigenvalue weighted by atomic mass is 16.4. The van der Waals surface area contributed by atoms with Crippen molar-refractivity contribution in [1.29, 1.82) is 0 Å². The number of aliphatic hydroxyl groups is 2. The molecular weight excluding hydrogens is 422 g/mol. The van der Waals surface area contributed by atoms with E-state index in [0.29, 0.717) is 18.3 Å². The van der Waals surface area contributed by atoms with Gasteiger partial charge in [0.05, 0.1) is 11.8 Å². The van der Waals surface area contributed by atoms with E-state index in [9.17, 15) is 24.6 Å². The zero-order chi connectivity index (χ0) is 25.1. The van der Waals surface area contributed by atoms with Gasteiger partial charge in [-0.25, -0.2) is 4.79 Å². The highest BCUT2D eigenvalue weighted by molar-refractivity contribution is 6.11. The first-order valence-corrected chi connectivity index (χ1v) is 11.7. The van der Waals surface area contributed by atoms with Gasteiger partial charge in [0.15, 0.2) is 11.8 Å². The Kier molecular flexibility index (Phi) is 8.47. The number of aliphatic hydroxyl groups excluding tert-OH is 2. The van der Waals surface area contributed by atoms with Gasteiger partial charge in [0.1, 0.15) is 6.61 Å². The molecule has 0 spiro atoms. The fourth-order valence-corrected chi connectivity index (χ4v) is 5.88. The van der Waals surface area contributed by atoms with E-state index in [4.69, 9.17) is 5.11 Å². The van der Waals surface area contributed by atoms with Crippen LogP contribution in [-0.4, -0.2) is 51.6 Å². The van der Waals surface area contributed by atoms with Crippen molar-refractivity contribution in [3.8, 4) is 0 Å². The molecule has 2 rings (SSSR count). The third-order valence-corrected chi connectivity index (χ3v) is 8.27. The molecule has 0 aromatic heterocycles. The normalized spacial score (nSPS) is 31.6. The third kappa shape index (κ3) is 5.46. The van der Waals surface area contributed by atoms with Crippen molar-refractivity contribution in [3.63, 3.8) is 0 Å². The van der Waals surface area contributed by atoms with Gasteiger partial charge in [0.25, 0.3) is 0 Å². The van der Waals surface area contributed by atoms with Crippen LogP contribution in [0.1, 0.15) is 66.7 Å². The molecule has 1 fully saturated rings. The summed E-state index contributed by atoms with van der Waals surface area (Å²) in [7, 11) is 0. The SMILES string of the molecule is C=C(CC1(C)C(C)CCC2(C)C(C)=CCCC21)C(=O)/C(=C\C(=O)CO)NC(C(=O)O)C(C)O. The predicted octanol–water partition coefficient (Wildman–Crippen LogP) is 3.17. The van der Waals surface area contributed by atoms with Gasteiger partial charge in [-0.05, 0) is 74.2 Å². The van der Waals surface area contributed by atoms with Crippen molar-refractivity contribution in [2.45, 2.75) is 78.9 Å². The summed E-state index contributed by atoms with van der Waals surface area (Å²) in [6.45, 7) is 13.4. The van der Waals surface area contributed by atoms with Crippen LogP contribution < -0.4 is 5.32 Å². The average Bonchev–Trinajstić information content (AvgIpc) is 2.74. The molecule has 6 atom stereocenters. The molecule has 4 N–H and O–H groups in total. The smallest absolute Gasteiger partial charge is 0.328 e. The van der Waals surface area contributed by atoms with Gasteiger partial charge >= 0.3 is 5.97 Å². The number of carboxylic acids is 1. The minimum absolute atomic E-state index is 0.0628. The summed E-state index contributed by atoms with van der Waals surface area (Å²) in [6.07, 6.45) is 6.48. The van der Waals surface area contributed by atoms with Gasteiger partial charge in [0, 0.05) is 6.08 Å². The van der Waals surface area contributed by atoms with Crippen LogP contribution in [0.15, 0.2) is 35.6 Å². The highest BCUT2D eigenvalue weighted by Gasteiger charge is 2.53. The van der Waals surface area contributed by atoms with Crippen LogP contribution in [0.3, 0.4) is 0 Å². The fourth-order valence-electron chi connectivity index (χ4n) is 5.88. The van der Waals surface area contributed by atoms with Gasteiger partial charge < -0.3 is 20.6 Å². The standard InChI is InChI=1S/C26H39NO6/c1-15(23(31)20(12-19(30)14-28)27-22(18(4)29)24(32)33)13-26(6)17(3)10-11-25(5)16(2)8-7-9-21(25)26/h8,12,17-18,21-22,27-29H,1,7,9-11,13-14H2,2-6H3,(H,32,33)/b20-12+. The van der Waals surface area contributed by atoms with Crippen LogP contribution in [0.25, 0.3) is 0 Å². The summed E-state index contributed by atoms with van der Waals surface area (Å²) in [5.41, 5.74) is 1.26. The Hall–Kier alpha value is -2.25. The number of fused-ring (bicyclic) bond motifs is 1. The molecule has 0 aromatic rings. The van der Waals surface area contributed by atoms with Crippen molar-refractivity contribution >= 4 is 17.5 Å². The van der Waals surface area contributed by atoms with E-state index >= 15 is 0 Å². The van der Waals surface area contributed by atoms with Crippen LogP contribution in [0.5, 0.6) is 0 Å². The average molecular weight is 462 g/mol. The molecule has 0 aromatic carbocycles. The molecule has 2 aliphatic carbocycles. The lowest BCUT2D eigenvalue weighted by Gasteiger charge is -2.58. The van der Waals surface area contributed by atoms with Crippen LogP contribution in [-0.2, 0) is 14.4 Å². The molecule has 33 heavy (non-hydrogen) atoms.